The van der Waals surface area contributed by atoms with Gasteiger partial charge in [-0.25, -0.2) is 0 Å². The van der Waals surface area contributed by atoms with E-state index >= 15 is 0 Å². The SMILES string of the molecule is COc1cc(C#CC(C)=O)cc(OC)c1OC. The van der Waals surface area contributed by atoms with Crippen molar-refractivity contribution in [1.29, 1.82) is 0 Å². The Morgan fingerprint density at radius 2 is 1.59 bits per heavy atom. The summed E-state index contributed by atoms with van der Waals surface area (Å²) in [5, 5.41) is 0. The van der Waals surface area contributed by atoms with Crippen LogP contribution in [0.3, 0.4) is 0 Å². The molecule has 0 radical (unpaired) electrons. The second-order valence-electron chi connectivity index (χ2n) is 3.22. The standard InChI is InChI=1S/C13H14O4/c1-9(14)5-6-10-7-11(15-2)13(17-4)12(8-10)16-3/h7-8H,1-4H3. The van der Waals surface area contributed by atoms with Crippen LogP contribution in [0.2, 0.25) is 0 Å². The highest BCUT2D eigenvalue weighted by Crippen LogP contribution is 2.37. The molecule has 17 heavy (non-hydrogen) atoms. The third-order valence-electron chi connectivity index (χ3n) is 2.05. The Hall–Kier alpha value is -2.15. The van der Waals surface area contributed by atoms with Crippen LogP contribution in [0.5, 0.6) is 17.2 Å². The second kappa shape index (κ2) is 5.80. The molecule has 0 heterocycles. The number of rotatable bonds is 3. The van der Waals surface area contributed by atoms with Crippen LogP contribution in [0.15, 0.2) is 12.1 Å². The number of hydrogen-bond acceptors (Lipinski definition) is 4. The molecule has 0 aromatic heterocycles. The van der Waals surface area contributed by atoms with Crippen LogP contribution in [0.25, 0.3) is 0 Å². The summed E-state index contributed by atoms with van der Waals surface area (Å²) in [5.74, 6) is 6.53. The van der Waals surface area contributed by atoms with Gasteiger partial charge in [0.05, 0.1) is 21.3 Å². The molecule has 1 aromatic rings. The van der Waals surface area contributed by atoms with Gasteiger partial charge in [-0.05, 0) is 18.1 Å². The van der Waals surface area contributed by atoms with Crippen molar-refractivity contribution in [1.82, 2.24) is 0 Å². The zero-order valence-corrected chi connectivity index (χ0v) is 10.3. The highest BCUT2D eigenvalue weighted by atomic mass is 16.5. The smallest absolute Gasteiger partial charge is 0.203 e. The summed E-state index contributed by atoms with van der Waals surface area (Å²) in [6, 6.07) is 3.38. The lowest BCUT2D eigenvalue weighted by Crippen LogP contribution is -1.96. The topological polar surface area (TPSA) is 44.8 Å². The summed E-state index contributed by atoms with van der Waals surface area (Å²) in [6.45, 7) is 1.41. The fourth-order valence-corrected chi connectivity index (χ4v) is 1.31. The van der Waals surface area contributed by atoms with Gasteiger partial charge in [-0.15, -0.1) is 0 Å². The molecule has 0 atom stereocenters. The summed E-state index contributed by atoms with van der Waals surface area (Å²) >= 11 is 0. The van der Waals surface area contributed by atoms with Gasteiger partial charge in [-0.1, -0.05) is 5.92 Å². The molecule has 0 unspecified atom stereocenters. The first-order valence-corrected chi connectivity index (χ1v) is 4.95. The third-order valence-corrected chi connectivity index (χ3v) is 2.05. The first-order valence-electron chi connectivity index (χ1n) is 4.95. The van der Waals surface area contributed by atoms with Gasteiger partial charge in [0.15, 0.2) is 11.5 Å². The number of methoxy groups -OCH3 is 3. The average molecular weight is 234 g/mol. The number of benzene rings is 1. The molecule has 0 saturated carbocycles. The van der Waals surface area contributed by atoms with E-state index in [4.69, 9.17) is 14.2 Å². The number of ketones is 1. The number of Topliss-reactive ketones (excluding diaryl/α,β-unsaturated/α-hetero) is 1. The molecule has 0 N–H and O–H groups in total. The minimum absolute atomic E-state index is 0.196. The summed E-state index contributed by atoms with van der Waals surface area (Å²) in [4.78, 5) is 10.8. The van der Waals surface area contributed by atoms with Gasteiger partial charge < -0.3 is 14.2 Å². The fraction of sp³-hybridized carbons (Fsp3) is 0.308. The fourth-order valence-electron chi connectivity index (χ4n) is 1.31. The van der Waals surface area contributed by atoms with E-state index in [0.717, 1.165) is 0 Å². The molecule has 0 bridgehead atoms. The molecular weight excluding hydrogens is 220 g/mol. The molecule has 90 valence electrons. The summed E-state index contributed by atoms with van der Waals surface area (Å²) in [6.07, 6.45) is 0. The molecule has 4 nitrogen and oxygen atoms in total. The van der Waals surface area contributed by atoms with E-state index in [1.54, 1.807) is 12.1 Å². The molecule has 0 fully saturated rings. The Morgan fingerprint density at radius 3 is 1.94 bits per heavy atom. The lowest BCUT2D eigenvalue weighted by molar-refractivity contribution is -0.111. The van der Waals surface area contributed by atoms with Crippen molar-refractivity contribution in [2.24, 2.45) is 0 Å². The molecular formula is C13H14O4. The Labute approximate surface area is 100 Å². The molecule has 1 rings (SSSR count). The van der Waals surface area contributed by atoms with Crippen LogP contribution < -0.4 is 14.2 Å². The number of carbonyl (C=O) groups is 1. The Kier molecular flexibility index (Phi) is 4.41. The van der Waals surface area contributed by atoms with Crippen molar-refractivity contribution in [3.05, 3.63) is 17.7 Å². The van der Waals surface area contributed by atoms with Gasteiger partial charge in [0.2, 0.25) is 11.5 Å². The van der Waals surface area contributed by atoms with E-state index < -0.39 is 0 Å². The van der Waals surface area contributed by atoms with Gasteiger partial charge >= 0.3 is 0 Å². The molecule has 0 aliphatic rings. The largest absolute Gasteiger partial charge is 0.493 e. The second-order valence-corrected chi connectivity index (χ2v) is 3.22. The Bertz CT molecular complexity index is 455. The van der Waals surface area contributed by atoms with Gasteiger partial charge in [0.25, 0.3) is 0 Å². The third kappa shape index (κ3) is 3.15. The molecule has 0 aliphatic carbocycles. The lowest BCUT2D eigenvalue weighted by Gasteiger charge is -2.12. The highest BCUT2D eigenvalue weighted by molar-refractivity contribution is 5.93. The zero-order chi connectivity index (χ0) is 12.8. The molecule has 4 heteroatoms. The number of ether oxygens (including phenoxy) is 3. The molecule has 1 aromatic carbocycles. The maximum absolute atomic E-state index is 10.8. The maximum atomic E-state index is 10.8. The van der Waals surface area contributed by atoms with E-state index in [2.05, 4.69) is 11.8 Å². The van der Waals surface area contributed by atoms with E-state index in [0.29, 0.717) is 22.8 Å². The predicted octanol–water partition coefficient (Wildman–Crippen LogP) is 1.65. The summed E-state index contributed by atoms with van der Waals surface area (Å²) in [7, 11) is 4.58. The average Bonchev–Trinajstić information content (AvgIpc) is 2.34. The first kappa shape index (κ1) is 12.9. The van der Waals surface area contributed by atoms with Crippen LogP contribution in [0.4, 0.5) is 0 Å². The summed E-state index contributed by atoms with van der Waals surface area (Å²) < 4.78 is 15.5. The van der Waals surface area contributed by atoms with Crippen molar-refractivity contribution < 1.29 is 19.0 Å². The van der Waals surface area contributed by atoms with Crippen LogP contribution >= 0.6 is 0 Å². The zero-order valence-electron chi connectivity index (χ0n) is 10.3. The normalized spacial score (nSPS) is 8.94. The van der Waals surface area contributed by atoms with E-state index in [1.165, 1.54) is 28.3 Å². The van der Waals surface area contributed by atoms with Crippen molar-refractivity contribution in [3.63, 3.8) is 0 Å². The molecule has 0 spiro atoms. The monoisotopic (exact) mass is 234 g/mol. The van der Waals surface area contributed by atoms with Crippen LogP contribution in [0, 0.1) is 11.8 Å². The van der Waals surface area contributed by atoms with Gasteiger partial charge in [0.1, 0.15) is 0 Å². The van der Waals surface area contributed by atoms with Gasteiger partial charge in [0, 0.05) is 12.5 Å². The highest BCUT2D eigenvalue weighted by Gasteiger charge is 2.12. The minimum Gasteiger partial charge on any atom is -0.493 e. The molecule has 0 aliphatic heterocycles. The van der Waals surface area contributed by atoms with Gasteiger partial charge in [-0.3, -0.25) is 4.79 Å². The quantitative estimate of drug-likeness (QED) is 0.746. The minimum atomic E-state index is -0.196. The van der Waals surface area contributed by atoms with Gasteiger partial charge in [-0.2, -0.15) is 0 Å². The van der Waals surface area contributed by atoms with E-state index in [1.807, 2.05) is 0 Å². The van der Waals surface area contributed by atoms with E-state index in [9.17, 15) is 4.79 Å². The van der Waals surface area contributed by atoms with Crippen LogP contribution in [0.1, 0.15) is 12.5 Å². The molecule has 0 saturated heterocycles. The Balaban J connectivity index is 3.28. The Morgan fingerprint density at radius 1 is 1.06 bits per heavy atom. The van der Waals surface area contributed by atoms with E-state index in [-0.39, 0.29) is 5.78 Å². The summed E-state index contributed by atoms with van der Waals surface area (Å²) in [5.41, 5.74) is 0.634. The van der Waals surface area contributed by atoms with Crippen molar-refractivity contribution in [3.8, 4) is 29.1 Å². The first-order chi connectivity index (χ1) is 8.12. The predicted molar refractivity (Wildman–Crippen MR) is 63.7 cm³/mol. The van der Waals surface area contributed by atoms with Crippen molar-refractivity contribution in [2.45, 2.75) is 6.92 Å². The van der Waals surface area contributed by atoms with Crippen molar-refractivity contribution in [2.75, 3.05) is 21.3 Å². The van der Waals surface area contributed by atoms with Crippen LogP contribution in [-0.2, 0) is 4.79 Å². The van der Waals surface area contributed by atoms with Crippen LogP contribution in [-0.4, -0.2) is 27.1 Å². The number of carbonyl (C=O) groups excluding carboxylic acids is 1. The molecule has 0 amide bonds. The maximum Gasteiger partial charge on any atom is 0.203 e. The lowest BCUT2D eigenvalue weighted by atomic mass is 10.2. The number of hydrogen-bond donors (Lipinski definition) is 0. The van der Waals surface area contributed by atoms with Crippen molar-refractivity contribution >= 4 is 5.78 Å².